The summed E-state index contributed by atoms with van der Waals surface area (Å²) >= 11 is 0. The number of nitriles is 1. The van der Waals surface area contributed by atoms with Gasteiger partial charge < -0.3 is 14.7 Å². The summed E-state index contributed by atoms with van der Waals surface area (Å²) in [6, 6.07) is 6.66. The van der Waals surface area contributed by atoms with Gasteiger partial charge in [0.05, 0.1) is 30.9 Å². The van der Waals surface area contributed by atoms with Gasteiger partial charge in [-0.05, 0) is 13.0 Å². The molecule has 0 saturated carbocycles. The highest BCUT2D eigenvalue weighted by molar-refractivity contribution is 5.56. The van der Waals surface area contributed by atoms with Crippen LogP contribution in [0.1, 0.15) is 25.0 Å². The maximum atomic E-state index is 14.0. The first kappa shape index (κ1) is 15.4. The van der Waals surface area contributed by atoms with E-state index in [9.17, 15) is 9.50 Å². The van der Waals surface area contributed by atoms with Crippen molar-refractivity contribution in [2.45, 2.75) is 19.4 Å². The second-order valence-electron chi connectivity index (χ2n) is 4.24. The Balaban J connectivity index is 3.09. The van der Waals surface area contributed by atoms with Crippen LogP contribution in [-0.4, -0.2) is 31.9 Å². The Bertz CT molecular complexity index is 444. The van der Waals surface area contributed by atoms with Gasteiger partial charge in [0.1, 0.15) is 5.82 Å². The third-order valence-electron chi connectivity index (χ3n) is 2.84. The van der Waals surface area contributed by atoms with Crippen LogP contribution >= 0.6 is 0 Å². The largest absolute Gasteiger partial charge is 0.389 e. The molecule has 0 saturated heterocycles. The summed E-state index contributed by atoms with van der Waals surface area (Å²) in [7, 11) is 1.57. The average Bonchev–Trinajstić information content (AvgIpc) is 2.39. The molecule has 0 aliphatic carbocycles. The minimum atomic E-state index is -0.766. The number of nitrogens with zero attached hydrogens (tertiary/aromatic N) is 2. The Morgan fingerprint density at radius 1 is 1.47 bits per heavy atom. The van der Waals surface area contributed by atoms with Crippen LogP contribution in [0.4, 0.5) is 10.1 Å². The van der Waals surface area contributed by atoms with Crippen molar-refractivity contribution in [3.05, 3.63) is 29.6 Å². The summed E-state index contributed by atoms with van der Waals surface area (Å²) in [6.45, 7) is 2.90. The number of rotatable bonds is 7. The first-order valence-electron chi connectivity index (χ1n) is 6.19. The third kappa shape index (κ3) is 4.19. The molecule has 19 heavy (non-hydrogen) atoms. The van der Waals surface area contributed by atoms with Crippen molar-refractivity contribution in [2.24, 2.45) is 0 Å². The smallest absolute Gasteiger partial charge is 0.146 e. The van der Waals surface area contributed by atoms with Gasteiger partial charge in [-0.1, -0.05) is 12.1 Å². The standard InChI is InChI=1S/C14H19FN2O2/c1-11(18)12-5-3-6-13(15)14(12)17(8-4-7-16)9-10-19-2/h3,5-6,11,18H,4,8-10H2,1-2H3/t11-/m0/s1. The average molecular weight is 266 g/mol. The lowest BCUT2D eigenvalue weighted by Gasteiger charge is -2.27. The molecule has 1 rings (SSSR count). The fourth-order valence-corrected chi connectivity index (χ4v) is 1.92. The molecule has 0 aliphatic heterocycles. The molecule has 0 spiro atoms. The maximum Gasteiger partial charge on any atom is 0.146 e. The lowest BCUT2D eigenvalue weighted by molar-refractivity contribution is 0.196. The van der Waals surface area contributed by atoms with E-state index in [4.69, 9.17) is 10.00 Å². The first-order valence-corrected chi connectivity index (χ1v) is 6.19. The zero-order valence-corrected chi connectivity index (χ0v) is 11.3. The first-order chi connectivity index (χ1) is 9.11. The second-order valence-corrected chi connectivity index (χ2v) is 4.24. The van der Waals surface area contributed by atoms with Gasteiger partial charge in [0.25, 0.3) is 0 Å². The van der Waals surface area contributed by atoms with Crippen LogP contribution in [-0.2, 0) is 4.74 Å². The Labute approximate surface area is 113 Å². The van der Waals surface area contributed by atoms with Gasteiger partial charge in [0, 0.05) is 25.8 Å². The molecular weight excluding hydrogens is 247 g/mol. The van der Waals surface area contributed by atoms with Crippen LogP contribution in [0, 0.1) is 17.1 Å². The molecule has 0 aliphatic rings. The number of hydrogen-bond acceptors (Lipinski definition) is 4. The fraction of sp³-hybridized carbons (Fsp3) is 0.500. The summed E-state index contributed by atoms with van der Waals surface area (Å²) in [6.07, 6.45) is -0.477. The number of hydrogen-bond donors (Lipinski definition) is 1. The van der Waals surface area contributed by atoms with E-state index in [1.165, 1.54) is 6.07 Å². The summed E-state index contributed by atoms with van der Waals surface area (Å²) in [5.41, 5.74) is 0.874. The lowest BCUT2D eigenvalue weighted by Crippen LogP contribution is -2.30. The topological polar surface area (TPSA) is 56.5 Å². The van der Waals surface area contributed by atoms with Gasteiger partial charge in [-0.25, -0.2) is 4.39 Å². The van der Waals surface area contributed by atoms with Crippen LogP contribution in [0.25, 0.3) is 0 Å². The summed E-state index contributed by atoms with van der Waals surface area (Å²) in [5.74, 6) is -0.396. The number of para-hydroxylation sites is 1. The Morgan fingerprint density at radius 3 is 2.79 bits per heavy atom. The third-order valence-corrected chi connectivity index (χ3v) is 2.84. The molecule has 5 heteroatoms. The van der Waals surface area contributed by atoms with Gasteiger partial charge in [-0.15, -0.1) is 0 Å². The van der Waals surface area contributed by atoms with Crippen LogP contribution in [0.15, 0.2) is 18.2 Å². The highest BCUT2D eigenvalue weighted by atomic mass is 19.1. The molecule has 0 unspecified atom stereocenters. The second kappa shape index (κ2) is 7.72. The Morgan fingerprint density at radius 2 is 2.21 bits per heavy atom. The monoisotopic (exact) mass is 266 g/mol. The van der Waals surface area contributed by atoms with E-state index in [1.807, 2.05) is 6.07 Å². The van der Waals surface area contributed by atoms with E-state index in [-0.39, 0.29) is 6.42 Å². The SMILES string of the molecule is COCCN(CCC#N)c1c(F)cccc1[C@H](C)O. The Kier molecular flexibility index (Phi) is 6.26. The van der Waals surface area contributed by atoms with Crippen LogP contribution in [0.2, 0.25) is 0 Å². The number of halogens is 1. The predicted molar refractivity (Wildman–Crippen MR) is 71.4 cm³/mol. The molecule has 1 aromatic rings. The highest BCUT2D eigenvalue weighted by Gasteiger charge is 2.18. The molecule has 4 nitrogen and oxygen atoms in total. The molecule has 0 radical (unpaired) electrons. The lowest BCUT2D eigenvalue weighted by atomic mass is 10.1. The zero-order valence-electron chi connectivity index (χ0n) is 11.3. The van der Waals surface area contributed by atoms with Crippen molar-refractivity contribution in [1.29, 1.82) is 5.26 Å². The van der Waals surface area contributed by atoms with E-state index in [1.54, 1.807) is 31.1 Å². The number of benzene rings is 1. The van der Waals surface area contributed by atoms with E-state index < -0.39 is 11.9 Å². The molecule has 1 N–H and O–H groups in total. The van der Waals surface area contributed by atoms with Crippen molar-refractivity contribution in [1.82, 2.24) is 0 Å². The van der Waals surface area contributed by atoms with Crippen molar-refractivity contribution in [3.63, 3.8) is 0 Å². The number of aliphatic hydroxyl groups is 1. The normalized spacial score (nSPS) is 11.9. The minimum absolute atomic E-state index is 0.289. The predicted octanol–water partition coefficient (Wildman–Crippen LogP) is 2.25. The van der Waals surface area contributed by atoms with Crippen LogP contribution in [0.5, 0.6) is 0 Å². The quantitative estimate of drug-likeness (QED) is 0.822. The van der Waals surface area contributed by atoms with Crippen molar-refractivity contribution >= 4 is 5.69 Å². The zero-order chi connectivity index (χ0) is 14.3. The molecular formula is C14H19FN2O2. The molecule has 0 heterocycles. The van der Waals surface area contributed by atoms with E-state index in [2.05, 4.69) is 0 Å². The molecule has 0 aromatic heterocycles. The van der Waals surface area contributed by atoms with Crippen molar-refractivity contribution in [3.8, 4) is 6.07 Å². The molecule has 0 fully saturated rings. The molecule has 1 aromatic carbocycles. The fourth-order valence-electron chi connectivity index (χ4n) is 1.92. The molecule has 104 valence electrons. The van der Waals surface area contributed by atoms with Gasteiger partial charge in [-0.2, -0.15) is 5.26 Å². The number of ether oxygens (including phenoxy) is 1. The van der Waals surface area contributed by atoms with E-state index in [0.29, 0.717) is 30.9 Å². The van der Waals surface area contributed by atoms with Crippen LogP contribution in [0.3, 0.4) is 0 Å². The molecule has 0 amide bonds. The van der Waals surface area contributed by atoms with E-state index >= 15 is 0 Å². The number of methoxy groups -OCH3 is 1. The minimum Gasteiger partial charge on any atom is -0.389 e. The van der Waals surface area contributed by atoms with Gasteiger partial charge in [0.15, 0.2) is 0 Å². The summed E-state index contributed by atoms with van der Waals surface area (Å²) in [5, 5.41) is 18.4. The summed E-state index contributed by atoms with van der Waals surface area (Å²) < 4.78 is 19.0. The maximum absolute atomic E-state index is 14.0. The Hall–Kier alpha value is -1.64. The molecule has 1 atom stereocenters. The van der Waals surface area contributed by atoms with Crippen LogP contribution < -0.4 is 4.90 Å². The van der Waals surface area contributed by atoms with Crippen molar-refractivity contribution in [2.75, 3.05) is 31.7 Å². The van der Waals surface area contributed by atoms with Gasteiger partial charge >= 0.3 is 0 Å². The molecule has 0 bridgehead atoms. The highest BCUT2D eigenvalue weighted by Crippen LogP contribution is 2.29. The van der Waals surface area contributed by atoms with Gasteiger partial charge in [0.2, 0.25) is 0 Å². The number of anilines is 1. The van der Waals surface area contributed by atoms with E-state index in [0.717, 1.165) is 0 Å². The number of aliphatic hydroxyl groups excluding tert-OH is 1. The summed E-state index contributed by atoms with van der Waals surface area (Å²) in [4.78, 5) is 1.74. The van der Waals surface area contributed by atoms with Crippen molar-refractivity contribution < 1.29 is 14.2 Å². The van der Waals surface area contributed by atoms with Gasteiger partial charge in [-0.3, -0.25) is 0 Å².